The fourth-order valence-electron chi connectivity index (χ4n) is 2.74. The van der Waals surface area contributed by atoms with E-state index in [1.165, 1.54) is 6.08 Å². The third-order valence-corrected chi connectivity index (χ3v) is 3.47. The van der Waals surface area contributed by atoms with Crippen LogP contribution in [0, 0.1) is 29.1 Å². The second kappa shape index (κ2) is 3.06. The largest absolute Gasteiger partial charge is 0.481 e. The van der Waals surface area contributed by atoms with E-state index >= 15 is 0 Å². The van der Waals surface area contributed by atoms with Crippen molar-refractivity contribution >= 4 is 11.9 Å². The third kappa shape index (κ3) is 1.15. The summed E-state index contributed by atoms with van der Waals surface area (Å²) in [5, 5.41) is 26.5. The third-order valence-electron chi connectivity index (χ3n) is 3.47. The van der Waals surface area contributed by atoms with Crippen LogP contribution in [0.25, 0.3) is 0 Å². The van der Waals surface area contributed by atoms with Crippen LogP contribution in [0.3, 0.4) is 0 Å². The highest BCUT2D eigenvalue weighted by atomic mass is 16.4. The monoisotopic (exact) mass is 222 g/mol. The molecule has 0 aromatic rings. The van der Waals surface area contributed by atoms with E-state index < -0.39 is 29.3 Å². The van der Waals surface area contributed by atoms with Crippen LogP contribution in [-0.2, 0) is 9.59 Å². The van der Waals surface area contributed by atoms with Crippen molar-refractivity contribution < 1.29 is 19.8 Å². The second-order valence-corrected chi connectivity index (χ2v) is 4.29. The lowest BCUT2D eigenvalue weighted by Gasteiger charge is -2.21. The van der Waals surface area contributed by atoms with Crippen molar-refractivity contribution in [2.24, 2.45) is 23.5 Å². The summed E-state index contributed by atoms with van der Waals surface area (Å²) in [4.78, 5) is 21.9. The summed E-state index contributed by atoms with van der Waals surface area (Å²) in [5.41, 5.74) is 4.74. The lowest BCUT2D eigenvalue weighted by molar-refractivity contribution is -0.145. The molecule has 0 amide bonds. The lowest BCUT2D eigenvalue weighted by atomic mass is 9.90. The maximum Gasteiger partial charge on any atom is 0.324 e. The molecule has 0 aromatic heterocycles. The molecule has 16 heavy (non-hydrogen) atoms. The first kappa shape index (κ1) is 10.6. The molecular formula is C10H10N2O4. The number of fused-ring (bicyclic) bond motifs is 1. The van der Waals surface area contributed by atoms with Gasteiger partial charge in [0.25, 0.3) is 0 Å². The minimum absolute atomic E-state index is 0.0645. The highest BCUT2D eigenvalue weighted by Gasteiger charge is 2.72. The molecule has 2 fully saturated rings. The highest BCUT2D eigenvalue weighted by molar-refractivity contribution is 5.87. The molecule has 0 saturated heterocycles. The zero-order valence-corrected chi connectivity index (χ0v) is 8.25. The summed E-state index contributed by atoms with van der Waals surface area (Å²) in [7, 11) is 0. The normalized spacial score (nSPS) is 42.5. The van der Waals surface area contributed by atoms with Gasteiger partial charge in [-0.1, -0.05) is 5.57 Å². The van der Waals surface area contributed by atoms with E-state index in [0.717, 1.165) is 0 Å². The van der Waals surface area contributed by atoms with E-state index in [-0.39, 0.29) is 12.3 Å². The van der Waals surface area contributed by atoms with Gasteiger partial charge in [0.1, 0.15) is 5.54 Å². The number of carbonyl (C=O) groups is 2. The van der Waals surface area contributed by atoms with Crippen LogP contribution in [-0.4, -0.2) is 27.7 Å². The molecule has 0 aromatic carbocycles. The maximum absolute atomic E-state index is 11.1. The van der Waals surface area contributed by atoms with E-state index in [4.69, 9.17) is 21.2 Å². The molecule has 6 nitrogen and oxygen atoms in total. The number of nitriles is 1. The van der Waals surface area contributed by atoms with Gasteiger partial charge in [-0.15, -0.1) is 0 Å². The average Bonchev–Trinajstić information content (AvgIpc) is 2.85. The average molecular weight is 222 g/mol. The Bertz CT molecular complexity index is 450. The minimum atomic E-state index is -1.53. The molecule has 0 bridgehead atoms. The zero-order valence-electron chi connectivity index (χ0n) is 8.25. The number of hydrogen-bond donors (Lipinski definition) is 3. The number of nitrogens with two attached hydrogens (primary N) is 1. The summed E-state index contributed by atoms with van der Waals surface area (Å²) in [6.45, 7) is 0. The number of aliphatic carboxylic acids is 2. The Morgan fingerprint density at radius 3 is 2.62 bits per heavy atom. The van der Waals surface area contributed by atoms with Crippen LogP contribution >= 0.6 is 0 Å². The molecule has 4 atom stereocenters. The Hall–Kier alpha value is -1.87. The molecule has 6 heteroatoms. The first-order valence-corrected chi connectivity index (χ1v) is 4.77. The van der Waals surface area contributed by atoms with Crippen LogP contribution in [0.1, 0.15) is 6.42 Å². The number of carboxylic acids is 2. The van der Waals surface area contributed by atoms with E-state index in [2.05, 4.69) is 0 Å². The van der Waals surface area contributed by atoms with Crippen molar-refractivity contribution in [1.82, 2.24) is 0 Å². The summed E-state index contributed by atoms with van der Waals surface area (Å²) < 4.78 is 0. The van der Waals surface area contributed by atoms with E-state index in [1.54, 1.807) is 6.07 Å². The first-order chi connectivity index (χ1) is 7.43. The summed E-state index contributed by atoms with van der Waals surface area (Å²) >= 11 is 0. The SMILES string of the molecule is N#CC=C1C[C@](N)(C(=O)O)[C@@H]2[C@H](C(=O)O)[C@@H]12. The zero-order chi connectivity index (χ0) is 12.1. The van der Waals surface area contributed by atoms with Gasteiger partial charge in [0.2, 0.25) is 0 Å². The minimum Gasteiger partial charge on any atom is -0.481 e. The molecular weight excluding hydrogens is 212 g/mol. The number of allylic oxidation sites excluding steroid dienone is 1. The molecule has 0 heterocycles. The van der Waals surface area contributed by atoms with Gasteiger partial charge < -0.3 is 15.9 Å². The predicted molar refractivity (Wildman–Crippen MR) is 51.0 cm³/mol. The number of hydrogen-bond acceptors (Lipinski definition) is 4. The number of carboxylic acid groups (broad SMARTS) is 2. The molecule has 0 unspecified atom stereocenters. The Morgan fingerprint density at radius 1 is 1.56 bits per heavy atom. The summed E-state index contributed by atoms with van der Waals surface area (Å²) in [5.74, 6) is -3.96. The van der Waals surface area contributed by atoms with Gasteiger partial charge in [0, 0.05) is 17.9 Å². The van der Waals surface area contributed by atoms with Crippen molar-refractivity contribution in [1.29, 1.82) is 5.26 Å². The van der Waals surface area contributed by atoms with Crippen molar-refractivity contribution in [2.75, 3.05) is 0 Å². The van der Waals surface area contributed by atoms with Gasteiger partial charge in [-0.05, 0) is 6.42 Å². The smallest absolute Gasteiger partial charge is 0.324 e. The predicted octanol–water partition coefficient (Wildman–Crippen LogP) is -0.431. The Balaban J connectivity index is 2.37. The maximum atomic E-state index is 11.1. The molecule has 0 radical (unpaired) electrons. The van der Waals surface area contributed by atoms with Crippen LogP contribution in [0.2, 0.25) is 0 Å². The van der Waals surface area contributed by atoms with Crippen LogP contribution in [0.4, 0.5) is 0 Å². The lowest BCUT2D eigenvalue weighted by Crippen LogP contribution is -2.49. The van der Waals surface area contributed by atoms with Crippen molar-refractivity contribution in [2.45, 2.75) is 12.0 Å². The molecule has 0 aliphatic heterocycles. The van der Waals surface area contributed by atoms with Gasteiger partial charge >= 0.3 is 11.9 Å². The Labute approximate surface area is 91.0 Å². The van der Waals surface area contributed by atoms with Gasteiger partial charge in [-0.2, -0.15) is 5.26 Å². The Kier molecular flexibility index (Phi) is 2.03. The van der Waals surface area contributed by atoms with Gasteiger partial charge in [-0.25, -0.2) is 0 Å². The molecule has 2 aliphatic rings. The quantitative estimate of drug-likeness (QED) is 0.544. The molecule has 0 spiro atoms. The fraction of sp³-hybridized carbons (Fsp3) is 0.500. The van der Waals surface area contributed by atoms with Gasteiger partial charge in [-0.3, -0.25) is 9.59 Å². The van der Waals surface area contributed by atoms with E-state index in [9.17, 15) is 9.59 Å². The van der Waals surface area contributed by atoms with Crippen LogP contribution in [0.5, 0.6) is 0 Å². The van der Waals surface area contributed by atoms with Gasteiger partial charge in [0.15, 0.2) is 0 Å². The Morgan fingerprint density at radius 2 is 2.19 bits per heavy atom. The van der Waals surface area contributed by atoms with Crippen LogP contribution in [0.15, 0.2) is 11.6 Å². The summed E-state index contributed by atoms with van der Waals surface area (Å²) in [6, 6.07) is 1.80. The molecule has 2 saturated carbocycles. The fourth-order valence-corrected chi connectivity index (χ4v) is 2.74. The number of rotatable bonds is 2. The number of nitrogens with zero attached hydrogens (tertiary/aromatic N) is 1. The van der Waals surface area contributed by atoms with Crippen LogP contribution < -0.4 is 5.73 Å². The molecule has 4 N–H and O–H groups in total. The molecule has 2 rings (SSSR count). The molecule has 2 aliphatic carbocycles. The van der Waals surface area contributed by atoms with Crippen molar-refractivity contribution in [3.05, 3.63) is 11.6 Å². The second-order valence-electron chi connectivity index (χ2n) is 4.29. The van der Waals surface area contributed by atoms with E-state index in [1.807, 2.05) is 0 Å². The van der Waals surface area contributed by atoms with E-state index in [0.29, 0.717) is 5.57 Å². The highest BCUT2D eigenvalue weighted by Crippen LogP contribution is 2.63. The van der Waals surface area contributed by atoms with Gasteiger partial charge in [0.05, 0.1) is 12.0 Å². The molecule has 84 valence electrons. The topological polar surface area (TPSA) is 124 Å². The van der Waals surface area contributed by atoms with Crippen molar-refractivity contribution in [3.63, 3.8) is 0 Å². The standard InChI is InChI=1S/C10H10N2O4/c11-2-1-4-3-10(12,9(15)16)7-5(4)6(7)8(13)14/h1,5-7H,3,12H2,(H,13,14)(H,15,16)/t5-,6-,7+,10-/m1/s1. The first-order valence-electron chi connectivity index (χ1n) is 4.77. The van der Waals surface area contributed by atoms with Crippen molar-refractivity contribution in [3.8, 4) is 6.07 Å². The summed E-state index contributed by atoms with van der Waals surface area (Å²) in [6.07, 6.45) is 1.28.